The van der Waals surface area contributed by atoms with Crippen LogP contribution in [0.2, 0.25) is 0 Å². The van der Waals surface area contributed by atoms with Crippen molar-refractivity contribution in [2.45, 2.75) is 24.9 Å². The Morgan fingerprint density at radius 2 is 1.09 bits per heavy atom. The number of hydrogen-bond acceptors (Lipinski definition) is 1. The first-order valence-corrected chi connectivity index (χ1v) is 2.41. The first kappa shape index (κ1) is 10.5. The Labute approximate surface area is 57.6 Å². The molecule has 1 aliphatic carbocycles. The summed E-state index contributed by atoms with van der Waals surface area (Å²) in [5, 5.41) is 6.72. The number of aliphatic hydroxyl groups is 1. The van der Waals surface area contributed by atoms with Crippen LogP contribution >= 0.6 is 0 Å². The summed E-state index contributed by atoms with van der Waals surface area (Å²) in [6, 6.07) is 0. The summed E-state index contributed by atoms with van der Waals surface area (Å²) >= 11 is 0. The van der Waals surface area contributed by atoms with Gasteiger partial charge in [-0.2, -0.15) is 26.3 Å². The van der Waals surface area contributed by atoms with Crippen molar-refractivity contribution in [1.29, 1.82) is 0 Å². The maximum atomic E-state index is 11.2. The van der Waals surface area contributed by atoms with E-state index in [1.54, 1.807) is 0 Å². The van der Waals surface area contributed by atoms with Crippen molar-refractivity contribution < 1.29 is 31.4 Å². The molecule has 1 rings (SSSR count). The van der Waals surface area contributed by atoms with Crippen LogP contribution in [0.3, 0.4) is 0 Å². The molecule has 1 saturated carbocycles. The first-order valence-electron chi connectivity index (χ1n) is 2.41. The van der Waals surface area contributed by atoms with Crippen molar-refractivity contribution in [3.05, 3.63) is 0 Å². The predicted octanol–water partition coefficient (Wildman–Crippen LogP) is 1.86. The Hall–Kier alpha value is -0.460. The van der Waals surface area contributed by atoms with Gasteiger partial charge >= 0.3 is 18.5 Å². The van der Waals surface area contributed by atoms with Gasteiger partial charge in [-0.05, 0) is 0 Å². The van der Waals surface area contributed by atoms with Crippen molar-refractivity contribution in [3.63, 3.8) is 0 Å². The molecule has 0 unspecified atom stereocenters. The third-order valence-electron chi connectivity index (χ3n) is 0.854. The number of halogens is 6. The molecule has 1 nitrogen and oxygen atoms in total. The van der Waals surface area contributed by atoms with Crippen molar-refractivity contribution in [2.24, 2.45) is 0 Å². The number of aliphatic hydroxyl groups excluding tert-OH is 1. The highest BCUT2D eigenvalue weighted by atomic mass is 19.3. The zero-order valence-corrected chi connectivity index (χ0v) is 5.00. The summed E-state index contributed by atoms with van der Waals surface area (Å²) in [6.45, 7) is -3.17. The molecule has 68 valence electrons. The lowest BCUT2D eigenvalue weighted by Crippen LogP contribution is -2.02. The van der Waals surface area contributed by atoms with Crippen LogP contribution in [-0.2, 0) is 0 Å². The highest BCUT2D eigenvalue weighted by Gasteiger charge is 2.75. The van der Waals surface area contributed by atoms with Gasteiger partial charge in [0.2, 0.25) is 0 Å². The molecule has 0 radical (unpaired) electrons. The number of alkyl halides is 6. The molecule has 0 aromatic heterocycles. The molecule has 0 bridgehead atoms. The maximum Gasteiger partial charge on any atom is 0.342 e. The molecule has 0 aromatic rings. The van der Waals surface area contributed by atoms with Crippen molar-refractivity contribution in [3.8, 4) is 0 Å². The van der Waals surface area contributed by atoms with Crippen LogP contribution in [-0.4, -0.2) is 23.6 Å². The summed E-state index contributed by atoms with van der Waals surface area (Å²) in [5.74, 6) is -7.38. The number of hydrogen-bond donors (Lipinski definition) is 1. The fourth-order valence-corrected chi connectivity index (χ4v) is 0.235. The second-order valence-electron chi connectivity index (χ2n) is 1.86. The standard InChI is InChI=1S/C3H2F4.CH2F2O/c4-2(5)1-3(2,6)7;2-1(3)4/h1H2;1,4H. The van der Waals surface area contributed by atoms with Gasteiger partial charge in [-0.25, -0.2) is 0 Å². The Kier molecular flexibility index (Phi) is 2.76. The van der Waals surface area contributed by atoms with Crippen LogP contribution in [0.5, 0.6) is 0 Å². The average molecular weight is 182 g/mol. The Bertz CT molecular complexity index is 118. The van der Waals surface area contributed by atoms with Gasteiger partial charge in [-0.1, -0.05) is 0 Å². The molecule has 1 fully saturated rings. The van der Waals surface area contributed by atoms with Crippen LogP contribution in [0.15, 0.2) is 0 Å². The van der Waals surface area contributed by atoms with E-state index in [-0.39, 0.29) is 0 Å². The minimum Gasteiger partial charge on any atom is -0.339 e. The van der Waals surface area contributed by atoms with Gasteiger partial charge in [0.15, 0.2) is 0 Å². The molecular weight excluding hydrogens is 178 g/mol. The molecule has 0 saturated heterocycles. The molecule has 0 spiro atoms. The van der Waals surface area contributed by atoms with Gasteiger partial charge in [0.05, 0.1) is 6.42 Å². The van der Waals surface area contributed by atoms with E-state index in [0.717, 1.165) is 0 Å². The molecule has 7 heteroatoms. The zero-order valence-electron chi connectivity index (χ0n) is 5.00. The van der Waals surface area contributed by atoms with Crippen molar-refractivity contribution in [2.75, 3.05) is 0 Å². The third-order valence-corrected chi connectivity index (χ3v) is 0.854. The topological polar surface area (TPSA) is 20.2 Å². The van der Waals surface area contributed by atoms with Gasteiger partial charge in [0.25, 0.3) is 0 Å². The van der Waals surface area contributed by atoms with Gasteiger partial charge < -0.3 is 5.11 Å². The summed E-state index contributed by atoms with van der Waals surface area (Å²) < 4.78 is 64.4. The smallest absolute Gasteiger partial charge is 0.339 e. The third kappa shape index (κ3) is 3.45. The normalized spacial score (nSPS) is 24.0. The fourth-order valence-electron chi connectivity index (χ4n) is 0.235. The number of rotatable bonds is 0. The van der Waals surface area contributed by atoms with Crippen LogP contribution in [0, 0.1) is 0 Å². The largest absolute Gasteiger partial charge is 0.342 e. The Morgan fingerprint density at radius 1 is 1.00 bits per heavy atom. The molecule has 1 N–H and O–H groups in total. The van der Waals surface area contributed by atoms with Crippen LogP contribution in [0.4, 0.5) is 26.3 Å². The summed E-state index contributed by atoms with van der Waals surface area (Å²) in [6.07, 6.45) is -1.26. The quantitative estimate of drug-likeness (QED) is 0.567. The average Bonchev–Trinajstić information content (AvgIpc) is 1.98. The highest BCUT2D eigenvalue weighted by Crippen LogP contribution is 2.56. The fraction of sp³-hybridized carbons (Fsp3) is 1.00. The molecule has 0 atom stereocenters. The van der Waals surface area contributed by atoms with E-state index in [2.05, 4.69) is 0 Å². The minimum absolute atomic E-state index is 1.26. The second-order valence-corrected chi connectivity index (χ2v) is 1.86. The molecule has 0 heterocycles. The lowest BCUT2D eigenvalue weighted by Gasteiger charge is -1.88. The highest BCUT2D eigenvalue weighted by molar-refractivity contribution is 5.03. The van der Waals surface area contributed by atoms with E-state index >= 15 is 0 Å². The van der Waals surface area contributed by atoms with Gasteiger partial charge in [-0.3, -0.25) is 0 Å². The van der Waals surface area contributed by atoms with Crippen molar-refractivity contribution >= 4 is 0 Å². The van der Waals surface area contributed by atoms with Crippen LogP contribution in [0.1, 0.15) is 6.42 Å². The van der Waals surface area contributed by atoms with E-state index < -0.39 is 24.9 Å². The SMILES string of the molecule is FC1(F)CC1(F)F.OC(F)F. The molecular formula is C4H4F6O. The van der Waals surface area contributed by atoms with E-state index in [0.29, 0.717) is 0 Å². The van der Waals surface area contributed by atoms with E-state index in [4.69, 9.17) is 5.11 Å². The predicted molar refractivity (Wildman–Crippen MR) is 22.7 cm³/mol. The van der Waals surface area contributed by atoms with E-state index in [1.807, 2.05) is 0 Å². The summed E-state index contributed by atoms with van der Waals surface area (Å²) in [4.78, 5) is 0. The van der Waals surface area contributed by atoms with E-state index in [1.165, 1.54) is 0 Å². The summed E-state index contributed by atoms with van der Waals surface area (Å²) in [7, 11) is 0. The lowest BCUT2D eigenvalue weighted by molar-refractivity contribution is -0.0728. The minimum atomic E-state index is -3.69. The first-order chi connectivity index (χ1) is 4.69. The monoisotopic (exact) mass is 182 g/mol. The second kappa shape index (κ2) is 2.88. The van der Waals surface area contributed by atoms with Crippen LogP contribution in [0.25, 0.3) is 0 Å². The van der Waals surface area contributed by atoms with Crippen LogP contribution < -0.4 is 0 Å². The molecule has 0 amide bonds. The molecule has 0 aliphatic heterocycles. The summed E-state index contributed by atoms with van der Waals surface area (Å²) in [5.41, 5.74) is 0. The van der Waals surface area contributed by atoms with Gasteiger partial charge in [0.1, 0.15) is 0 Å². The molecule has 0 aromatic carbocycles. The Morgan fingerprint density at radius 3 is 1.09 bits per heavy atom. The molecule has 11 heavy (non-hydrogen) atoms. The van der Waals surface area contributed by atoms with Gasteiger partial charge in [0, 0.05) is 0 Å². The van der Waals surface area contributed by atoms with Gasteiger partial charge in [-0.15, -0.1) is 0 Å². The molecule has 1 aliphatic rings. The van der Waals surface area contributed by atoms with E-state index in [9.17, 15) is 26.3 Å². The zero-order chi connectivity index (χ0) is 9.28. The lowest BCUT2D eigenvalue weighted by atomic mass is 10.8. The van der Waals surface area contributed by atoms with Crippen molar-refractivity contribution in [1.82, 2.24) is 0 Å². The maximum absolute atomic E-state index is 11.2. The Balaban J connectivity index is 0.000000218.